The number of fused-ring (bicyclic) bond motifs is 11. The van der Waals surface area contributed by atoms with Gasteiger partial charge in [-0.3, -0.25) is 4.57 Å². The van der Waals surface area contributed by atoms with E-state index < -0.39 is 0 Å². The Bertz CT molecular complexity index is 4900. The van der Waals surface area contributed by atoms with Crippen LogP contribution < -0.4 is 0 Å². The van der Waals surface area contributed by atoms with E-state index in [1.54, 1.807) is 0 Å². The van der Waals surface area contributed by atoms with Crippen LogP contribution in [0.15, 0.2) is 255 Å². The van der Waals surface area contributed by atoms with Crippen LogP contribution in [-0.2, 0) is 0 Å². The molecule has 0 spiro atoms. The third-order valence-electron chi connectivity index (χ3n) is 16.9. The molecular formula is C72H44N4. The highest BCUT2D eigenvalue weighted by Crippen LogP contribution is 2.60. The quantitative estimate of drug-likeness (QED) is 0.161. The Morgan fingerprint density at radius 1 is 0.303 bits per heavy atom. The van der Waals surface area contributed by atoms with E-state index in [4.69, 9.17) is 9.97 Å². The van der Waals surface area contributed by atoms with E-state index in [9.17, 15) is 0 Å². The number of benzene rings is 12. The topological polar surface area (TPSA) is 35.6 Å². The predicted molar refractivity (Wildman–Crippen MR) is 314 cm³/mol. The van der Waals surface area contributed by atoms with Crippen LogP contribution in [0.4, 0.5) is 0 Å². The summed E-state index contributed by atoms with van der Waals surface area (Å²) in [6.45, 7) is 0. The van der Waals surface area contributed by atoms with E-state index in [-0.39, 0.29) is 11.8 Å². The van der Waals surface area contributed by atoms with E-state index >= 15 is 0 Å². The number of rotatable bonds is 5. The second-order valence-electron chi connectivity index (χ2n) is 20.7. The van der Waals surface area contributed by atoms with E-state index in [2.05, 4.69) is 264 Å². The molecule has 2 bridgehead atoms. The number of hydrogen-bond acceptors (Lipinski definition) is 2. The Kier molecular flexibility index (Phi) is 8.64. The zero-order chi connectivity index (χ0) is 49.6. The lowest BCUT2D eigenvalue weighted by Crippen LogP contribution is -2.29. The van der Waals surface area contributed by atoms with Crippen LogP contribution in [0.25, 0.3) is 121 Å². The molecule has 0 N–H and O–H groups in total. The molecule has 3 heterocycles. The fraction of sp³-hybridized carbons (Fsp3) is 0.0278. The molecule has 0 saturated carbocycles. The summed E-state index contributed by atoms with van der Waals surface area (Å²) in [6.07, 6.45) is 0. The van der Waals surface area contributed by atoms with Gasteiger partial charge in [-0.25, -0.2) is 9.97 Å². The smallest absolute Gasteiger partial charge is 0.235 e. The fourth-order valence-electron chi connectivity index (χ4n) is 13.7. The Balaban J connectivity index is 0.936. The molecule has 0 aliphatic heterocycles. The first kappa shape index (κ1) is 41.6. The number of hydrogen-bond donors (Lipinski definition) is 0. The summed E-state index contributed by atoms with van der Waals surface area (Å²) >= 11 is 0. The van der Waals surface area contributed by atoms with Crippen molar-refractivity contribution in [2.24, 2.45) is 0 Å². The highest BCUT2D eigenvalue weighted by molar-refractivity contribution is 6.22. The average molecular weight is 965 g/mol. The van der Waals surface area contributed by atoms with Gasteiger partial charge in [0.15, 0.2) is 0 Å². The zero-order valence-corrected chi connectivity index (χ0v) is 41.2. The molecule has 18 rings (SSSR count). The lowest BCUT2D eigenvalue weighted by molar-refractivity contribution is 0.750. The van der Waals surface area contributed by atoms with E-state index in [0.29, 0.717) is 5.95 Å². The third-order valence-corrected chi connectivity index (χ3v) is 16.9. The van der Waals surface area contributed by atoms with Gasteiger partial charge in [0.05, 0.1) is 39.0 Å². The number of para-hydroxylation sites is 1. The van der Waals surface area contributed by atoms with Crippen LogP contribution in [-0.4, -0.2) is 19.1 Å². The first-order valence-corrected chi connectivity index (χ1v) is 26.4. The fourth-order valence-corrected chi connectivity index (χ4v) is 13.7. The van der Waals surface area contributed by atoms with Crippen molar-refractivity contribution in [1.82, 2.24) is 19.1 Å². The van der Waals surface area contributed by atoms with Gasteiger partial charge in [0.2, 0.25) is 5.95 Å². The molecule has 76 heavy (non-hydrogen) atoms. The first-order chi connectivity index (χ1) is 37.7. The molecule has 0 amide bonds. The molecule has 3 aliphatic rings. The molecule has 0 unspecified atom stereocenters. The maximum absolute atomic E-state index is 5.50. The largest absolute Gasteiger partial charge is 0.309 e. The molecule has 0 saturated heterocycles. The molecule has 0 radical (unpaired) electrons. The summed E-state index contributed by atoms with van der Waals surface area (Å²) in [5.74, 6) is 0.725. The molecular weight excluding hydrogens is 921 g/mol. The van der Waals surface area contributed by atoms with Gasteiger partial charge in [0, 0.05) is 49.7 Å². The third kappa shape index (κ3) is 5.78. The normalized spacial score (nSPS) is 14.6. The maximum atomic E-state index is 5.50. The summed E-state index contributed by atoms with van der Waals surface area (Å²) in [6, 6.07) is 94.1. The highest BCUT2D eigenvalue weighted by Gasteiger charge is 2.44. The van der Waals surface area contributed by atoms with Crippen LogP contribution in [0.3, 0.4) is 0 Å². The summed E-state index contributed by atoms with van der Waals surface area (Å²) in [5, 5.41) is 10.7. The van der Waals surface area contributed by atoms with Gasteiger partial charge >= 0.3 is 0 Å². The molecule has 4 heteroatoms. The SMILES string of the molecule is c1ccc(-c2ccc3c(c2)c2c4ccccc4ccc2n3-c2ccc(-c3ccc4c(c3)c3ccccc3n4-c3nc(-c4ccccc4)c4ccc5ccccc5c4n3)c3c2C2c4ccccc4C3c3ccccc32)cc1. The minimum Gasteiger partial charge on any atom is -0.309 e. The summed E-state index contributed by atoms with van der Waals surface area (Å²) in [4.78, 5) is 11.0. The molecule has 0 atom stereocenters. The minimum absolute atomic E-state index is 0.0319. The molecule has 15 aromatic rings. The monoisotopic (exact) mass is 964 g/mol. The van der Waals surface area contributed by atoms with Gasteiger partial charge in [0.1, 0.15) is 0 Å². The minimum atomic E-state index is 0.0319. The van der Waals surface area contributed by atoms with Crippen LogP contribution in [0, 0.1) is 0 Å². The molecule has 3 aromatic heterocycles. The first-order valence-electron chi connectivity index (χ1n) is 26.4. The Labute approximate surface area is 438 Å². The summed E-state index contributed by atoms with van der Waals surface area (Å²) in [5.41, 5.74) is 21.9. The van der Waals surface area contributed by atoms with Gasteiger partial charge in [-0.15, -0.1) is 0 Å². The molecule has 12 aromatic carbocycles. The summed E-state index contributed by atoms with van der Waals surface area (Å²) in [7, 11) is 0. The van der Waals surface area contributed by atoms with Crippen LogP contribution in [0.2, 0.25) is 0 Å². The second-order valence-corrected chi connectivity index (χ2v) is 20.7. The van der Waals surface area contributed by atoms with Crippen molar-refractivity contribution in [2.45, 2.75) is 11.8 Å². The van der Waals surface area contributed by atoms with E-state index in [1.165, 1.54) is 99.3 Å². The van der Waals surface area contributed by atoms with Gasteiger partial charge in [-0.05, 0) is 120 Å². The zero-order valence-electron chi connectivity index (χ0n) is 41.2. The lowest BCUT2D eigenvalue weighted by Gasteiger charge is -2.44. The molecule has 3 aliphatic carbocycles. The standard InChI is InChI=1S/C72H44N4/c1-3-17-43(18-4-1)47-33-37-62-59(41-47)65-49-23-9-7-19-44(49)32-39-63(65)75(62)64-40-36-50(68-66-53-26-11-13-28-55(53)67(69(64)68)56-29-14-12-27-54(56)66)48-34-38-61-58(42-48)52-25-15-16-30-60(52)76(61)72-73-70(46-21-5-2-6-22-46)57-35-31-45-20-8-10-24-51(45)71(57)74-72/h1-42,66-67H. The van der Waals surface area contributed by atoms with Crippen LogP contribution >= 0.6 is 0 Å². The highest BCUT2D eigenvalue weighted by atomic mass is 15.2. The van der Waals surface area contributed by atoms with E-state index in [1.807, 2.05) is 0 Å². The van der Waals surface area contributed by atoms with Crippen molar-refractivity contribution in [2.75, 3.05) is 0 Å². The molecule has 352 valence electrons. The van der Waals surface area contributed by atoms with Gasteiger partial charge in [0.25, 0.3) is 0 Å². The van der Waals surface area contributed by atoms with Crippen LogP contribution in [0.5, 0.6) is 0 Å². The second kappa shape index (κ2) is 15.8. The van der Waals surface area contributed by atoms with Crippen LogP contribution in [0.1, 0.15) is 45.2 Å². The Hall–Kier alpha value is -9.90. The summed E-state index contributed by atoms with van der Waals surface area (Å²) < 4.78 is 4.87. The van der Waals surface area contributed by atoms with Crippen molar-refractivity contribution in [3.05, 3.63) is 288 Å². The van der Waals surface area contributed by atoms with Gasteiger partial charge < -0.3 is 4.57 Å². The van der Waals surface area contributed by atoms with Crippen molar-refractivity contribution >= 4 is 76.1 Å². The van der Waals surface area contributed by atoms with E-state index in [0.717, 1.165) is 49.4 Å². The van der Waals surface area contributed by atoms with Gasteiger partial charge in [-0.2, -0.15) is 0 Å². The number of aromatic nitrogens is 4. The van der Waals surface area contributed by atoms with Gasteiger partial charge in [-0.1, -0.05) is 206 Å². The molecule has 0 fully saturated rings. The van der Waals surface area contributed by atoms with Crippen molar-refractivity contribution in [3.63, 3.8) is 0 Å². The maximum Gasteiger partial charge on any atom is 0.235 e. The van der Waals surface area contributed by atoms with Crippen molar-refractivity contribution in [3.8, 4) is 45.1 Å². The lowest BCUT2D eigenvalue weighted by atomic mass is 9.59. The van der Waals surface area contributed by atoms with Crippen molar-refractivity contribution < 1.29 is 0 Å². The molecule has 4 nitrogen and oxygen atoms in total. The predicted octanol–water partition coefficient (Wildman–Crippen LogP) is 18.1. The number of nitrogens with zero attached hydrogens (tertiary/aromatic N) is 4. The van der Waals surface area contributed by atoms with Crippen molar-refractivity contribution in [1.29, 1.82) is 0 Å². The average Bonchev–Trinajstić information content (AvgIpc) is 4.14. The Morgan fingerprint density at radius 3 is 1.58 bits per heavy atom. The Morgan fingerprint density at radius 2 is 0.842 bits per heavy atom.